The molecule has 0 unspecified atom stereocenters. The van der Waals surface area contributed by atoms with Gasteiger partial charge in [0.05, 0.1) is 10.5 Å². The Balaban J connectivity index is 2.19. The van der Waals surface area contributed by atoms with Crippen LogP contribution < -0.4 is 10.6 Å². The smallest absolute Gasteiger partial charge is 0.288 e. The van der Waals surface area contributed by atoms with Crippen LogP contribution >= 0.6 is 11.8 Å². The summed E-state index contributed by atoms with van der Waals surface area (Å²) in [7, 11) is 0. The van der Waals surface area contributed by atoms with E-state index in [1.165, 1.54) is 6.07 Å². The van der Waals surface area contributed by atoms with Crippen LogP contribution in [0.2, 0.25) is 0 Å². The van der Waals surface area contributed by atoms with Gasteiger partial charge in [0.15, 0.2) is 0 Å². The van der Waals surface area contributed by atoms with Crippen LogP contribution in [-0.4, -0.2) is 39.9 Å². The Morgan fingerprint density at radius 1 is 1.52 bits per heavy atom. The second-order valence-electron chi connectivity index (χ2n) is 4.74. The lowest BCUT2D eigenvalue weighted by atomic mass is 10.1. The van der Waals surface area contributed by atoms with Crippen LogP contribution in [0.25, 0.3) is 0 Å². The predicted octanol–water partition coefficient (Wildman–Crippen LogP) is 2.05. The first-order chi connectivity index (χ1) is 10.1. The summed E-state index contributed by atoms with van der Waals surface area (Å²) in [5, 5.41) is 16.8. The fourth-order valence-electron chi connectivity index (χ4n) is 2.14. The number of pyridine rings is 1. The first-order valence-corrected chi connectivity index (χ1v) is 8.04. The van der Waals surface area contributed by atoms with E-state index in [-0.39, 0.29) is 23.2 Å². The molecule has 0 bridgehead atoms. The zero-order chi connectivity index (χ0) is 15.2. The molecule has 1 aliphatic rings. The van der Waals surface area contributed by atoms with Crippen molar-refractivity contribution in [3.05, 3.63) is 27.9 Å². The van der Waals surface area contributed by atoms with Gasteiger partial charge in [0.2, 0.25) is 0 Å². The number of nitrogens with one attached hydrogen (secondary N) is 2. The summed E-state index contributed by atoms with van der Waals surface area (Å²) in [6.45, 7) is 2.47. The molecule has 8 heteroatoms. The maximum Gasteiger partial charge on any atom is 0.288 e. The summed E-state index contributed by atoms with van der Waals surface area (Å²) in [4.78, 5) is 26.6. The number of aromatic nitrogens is 1. The molecule has 1 amide bonds. The standard InChI is InChI=1S/C13H18N4O3S/c1-2-14-12-11(7-10(8-15-12)17(19)20)13(18)16-9-3-5-21-6-4-9/h7-9H,2-6H2,1H3,(H,14,15)(H,16,18). The molecule has 1 aromatic heterocycles. The predicted molar refractivity (Wildman–Crippen MR) is 82.9 cm³/mol. The van der Waals surface area contributed by atoms with Gasteiger partial charge in [0.1, 0.15) is 12.0 Å². The van der Waals surface area contributed by atoms with Crippen molar-refractivity contribution >= 4 is 29.2 Å². The van der Waals surface area contributed by atoms with Crippen LogP contribution in [0, 0.1) is 10.1 Å². The lowest BCUT2D eigenvalue weighted by Crippen LogP contribution is -2.37. The quantitative estimate of drug-likeness (QED) is 0.638. The van der Waals surface area contributed by atoms with Crippen LogP contribution in [0.3, 0.4) is 0 Å². The van der Waals surface area contributed by atoms with Crippen LogP contribution in [0.1, 0.15) is 30.1 Å². The molecule has 21 heavy (non-hydrogen) atoms. The van der Waals surface area contributed by atoms with Crippen LogP contribution in [0.5, 0.6) is 0 Å². The highest BCUT2D eigenvalue weighted by atomic mass is 32.2. The normalized spacial score (nSPS) is 15.5. The van der Waals surface area contributed by atoms with Crippen LogP contribution in [0.15, 0.2) is 12.3 Å². The number of carbonyl (C=O) groups excluding carboxylic acids is 1. The van der Waals surface area contributed by atoms with Crippen LogP contribution in [0.4, 0.5) is 11.5 Å². The van der Waals surface area contributed by atoms with Crippen molar-refractivity contribution in [2.75, 3.05) is 23.4 Å². The van der Waals surface area contributed by atoms with Crippen molar-refractivity contribution in [3.63, 3.8) is 0 Å². The highest BCUT2D eigenvalue weighted by Crippen LogP contribution is 2.21. The van der Waals surface area contributed by atoms with E-state index in [9.17, 15) is 14.9 Å². The van der Waals surface area contributed by atoms with Crippen molar-refractivity contribution in [1.82, 2.24) is 10.3 Å². The fraction of sp³-hybridized carbons (Fsp3) is 0.538. The van der Waals surface area contributed by atoms with Crippen molar-refractivity contribution in [2.45, 2.75) is 25.8 Å². The van der Waals surface area contributed by atoms with E-state index < -0.39 is 4.92 Å². The molecule has 0 aromatic carbocycles. The number of carbonyl (C=O) groups is 1. The van der Waals surface area contributed by atoms with Crippen LogP contribution in [-0.2, 0) is 0 Å². The number of hydrogen-bond donors (Lipinski definition) is 2. The maximum absolute atomic E-state index is 12.4. The van der Waals surface area contributed by atoms with Gasteiger partial charge in [-0.25, -0.2) is 4.98 Å². The molecule has 1 saturated heterocycles. The Morgan fingerprint density at radius 2 is 2.24 bits per heavy atom. The molecule has 1 aliphatic heterocycles. The molecular weight excluding hydrogens is 292 g/mol. The van der Waals surface area contributed by atoms with Crippen molar-refractivity contribution in [2.24, 2.45) is 0 Å². The Bertz CT molecular complexity index is 532. The van der Waals surface area contributed by atoms with E-state index in [0.29, 0.717) is 12.4 Å². The third-order valence-corrected chi connectivity index (χ3v) is 4.28. The minimum atomic E-state index is -0.545. The van der Waals surface area contributed by atoms with E-state index in [1.807, 2.05) is 18.7 Å². The molecule has 2 heterocycles. The molecule has 0 aliphatic carbocycles. The SMILES string of the molecule is CCNc1ncc([N+](=O)[O-])cc1C(=O)NC1CCSCC1. The van der Waals surface area contributed by atoms with E-state index in [4.69, 9.17) is 0 Å². The van der Waals surface area contributed by atoms with Gasteiger partial charge in [-0.2, -0.15) is 11.8 Å². The third-order valence-electron chi connectivity index (χ3n) is 3.23. The van der Waals surface area contributed by atoms with Crippen molar-refractivity contribution in [1.29, 1.82) is 0 Å². The molecule has 0 radical (unpaired) electrons. The van der Waals surface area contributed by atoms with Gasteiger partial charge in [0, 0.05) is 18.7 Å². The minimum absolute atomic E-state index is 0.132. The maximum atomic E-state index is 12.4. The largest absolute Gasteiger partial charge is 0.370 e. The lowest BCUT2D eigenvalue weighted by molar-refractivity contribution is -0.385. The molecule has 1 fully saturated rings. The average Bonchev–Trinajstić information content (AvgIpc) is 2.48. The number of thioether (sulfide) groups is 1. The summed E-state index contributed by atoms with van der Waals surface area (Å²) >= 11 is 1.87. The number of hydrogen-bond acceptors (Lipinski definition) is 6. The van der Waals surface area contributed by atoms with Gasteiger partial charge in [-0.1, -0.05) is 0 Å². The second kappa shape index (κ2) is 7.26. The molecule has 0 atom stereocenters. The summed E-state index contributed by atoms with van der Waals surface area (Å²) in [6, 6.07) is 1.41. The Kier molecular flexibility index (Phi) is 5.38. The number of rotatable bonds is 5. The van der Waals surface area contributed by atoms with Gasteiger partial charge in [-0.05, 0) is 31.3 Å². The Labute approximate surface area is 127 Å². The Hall–Kier alpha value is -1.83. The van der Waals surface area contributed by atoms with E-state index in [0.717, 1.165) is 30.5 Å². The summed E-state index contributed by atoms with van der Waals surface area (Å²) in [6.07, 6.45) is 3.01. The van der Waals surface area contributed by atoms with E-state index in [1.54, 1.807) is 0 Å². The summed E-state index contributed by atoms with van der Waals surface area (Å²) < 4.78 is 0. The molecule has 2 rings (SSSR count). The van der Waals surface area contributed by atoms with Crippen molar-refractivity contribution in [3.8, 4) is 0 Å². The highest BCUT2D eigenvalue weighted by Gasteiger charge is 2.21. The van der Waals surface area contributed by atoms with Gasteiger partial charge in [-0.3, -0.25) is 14.9 Å². The van der Waals surface area contributed by atoms with Gasteiger partial charge >= 0.3 is 0 Å². The summed E-state index contributed by atoms with van der Waals surface area (Å²) in [5.74, 6) is 2.13. The Morgan fingerprint density at radius 3 is 2.86 bits per heavy atom. The zero-order valence-corrected chi connectivity index (χ0v) is 12.6. The monoisotopic (exact) mass is 310 g/mol. The molecule has 114 valence electrons. The number of nitro groups is 1. The van der Waals surface area contributed by atoms with Gasteiger partial charge in [-0.15, -0.1) is 0 Å². The highest BCUT2D eigenvalue weighted by molar-refractivity contribution is 7.99. The van der Waals surface area contributed by atoms with E-state index >= 15 is 0 Å². The minimum Gasteiger partial charge on any atom is -0.370 e. The summed E-state index contributed by atoms with van der Waals surface area (Å²) in [5.41, 5.74) is 0.0466. The van der Waals surface area contributed by atoms with Crippen molar-refractivity contribution < 1.29 is 9.72 Å². The molecule has 0 saturated carbocycles. The van der Waals surface area contributed by atoms with Gasteiger partial charge in [0.25, 0.3) is 11.6 Å². The molecule has 2 N–H and O–H groups in total. The molecular formula is C13H18N4O3S. The first-order valence-electron chi connectivity index (χ1n) is 6.88. The number of anilines is 1. The average molecular weight is 310 g/mol. The molecule has 7 nitrogen and oxygen atoms in total. The van der Waals surface area contributed by atoms with Gasteiger partial charge < -0.3 is 10.6 Å². The third kappa shape index (κ3) is 4.07. The van der Waals surface area contributed by atoms with E-state index in [2.05, 4.69) is 15.6 Å². The zero-order valence-electron chi connectivity index (χ0n) is 11.8. The second-order valence-corrected chi connectivity index (χ2v) is 5.96. The lowest BCUT2D eigenvalue weighted by Gasteiger charge is -2.22. The molecule has 1 aromatic rings. The topological polar surface area (TPSA) is 97.2 Å². The first kappa shape index (κ1) is 15.6. The fourth-order valence-corrected chi connectivity index (χ4v) is 3.25. The molecule has 0 spiro atoms. The number of nitrogens with zero attached hydrogens (tertiary/aromatic N) is 2. The number of amides is 1.